The maximum atomic E-state index is 13.2. The highest BCUT2D eigenvalue weighted by Gasteiger charge is 2.41. The summed E-state index contributed by atoms with van der Waals surface area (Å²) in [5.41, 5.74) is 5.60. The molecule has 6 nitrogen and oxygen atoms in total. The summed E-state index contributed by atoms with van der Waals surface area (Å²) in [6.07, 6.45) is 1.63. The molecule has 0 spiro atoms. The Kier molecular flexibility index (Phi) is 7.74. The molecule has 36 heavy (non-hydrogen) atoms. The fourth-order valence-electron chi connectivity index (χ4n) is 4.22. The van der Waals surface area contributed by atoms with Crippen molar-refractivity contribution in [3.8, 4) is 0 Å². The van der Waals surface area contributed by atoms with E-state index in [4.69, 9.17) is 4.74 Å². The first-order valence-electron chi connectivity index (χ1n) is 11.6. The van der Waals surface area contributed by atoms with E-state index in [1.807, 2.05) is 36.3 Å². The van der Waals surface area contributed by atoms with Gasteiger partial charge < -0.3 is 15.0 Å². The molecule has 4 rings (SSSR count). The number of ether oxygens (including phenoxy) is 1. The predicted octanol–water partition coefficient (Wildman–Crippen LogP) is 5.45. The van der Waals surface area contributed by atoms with Crippen LogP contribution in [0.15, 0.2) is 82.5 Å². The summed E-state index contributed by atoms with van der Waals surface area (Å²) in [6.45, 7) is 9.83. The number of carbonyl (C=O) groups is 2. The summed E-state index contributed by atoms with van der Waals surface area (Å²) in [5.74, 6) is -0.967. The van der Waals surface area contributed by atoms with Gasteiger partial charge in [-0.2, -0.15) is 0 Å². The number of thioether (sulfide) groups is 1. The van der Waals surface area contributed by atoms with Gasteiger partial charge in [0.1, 0.15) is 12.4 Å². The van der Waals surface area contributed by atoms with Gasteiger partial charge in [-0.05, 0) is 55.0 Å². The van der Waals surface area contributed by atoms with Crippen molar-refractivity contribution in [2.24, 2.45) is 4.99 Å². The van der Waals surface area contributed by atoms with E-state index in [1.165, 1.54) is 30.0 Å². The number of halogens is 1. The molecule has 0 unspecified atom stereocenters. The van der Waals surface area contributed by atoms with Crippen molar-refractivity contribution in [2.45, 2.75) is 39.8 Å². The fraction of sp³-hybridized carbons (Fsp3) is 0.250. The van der Waals surface area contributed by atoms with E-state index >= 15 is 0 Å². The molecule has 186 valence electrons. The molecular weight excluding hydrogens is 477 g/mol. The van der Waals surface area contributed by atoms with E-state index in [1.54, 1.807) is 19.1 Å². The van der Waals surface area contributed by atoms with Crippen molar-refractivity contribution < 1.29 is 18.7 Å². The number of aryl methyl sites for hydroxylation is 2. The van der Waals surface area contributed by atoms with Gasteiger partial charge >= 0.3 is 5.97 Å². The molecule has 1 amide bonds. The Hall–Kier alpha value is -3.65. The summed E-state index contributed by atoms with van der Waals surface area (Å²) >= 11 is 1.43. The molecule has 8 heteroatoms. The van der Waals surface area contributed by atoms with Crippen LogP contribution in [0.1, 0.15) is 41.6 Å². The smallest absolute Gasteiger partial charge is 0.338 e. The van der Waals surface area contributed by atoms with E-state index in [0.29, 0.717) is 23.0 Å². The van der Waals surface area contributed by atoms with Gasteiger partial charge in [0.25, 0.3) is 0 Å². The van der Waals surface area contributed by atoms with Crippen LogP contribution in [-0.2, 0) is 20.9 Å². The van der Waals surface area contributed by atoms with Crippen molar-refractivity contribution in [2.75, 3.05) is 6.61 Å². The van der Waals surface area contributed by atoms with Crippen LogP contribution < -0.4 is 5.32 Å². The van der Waals surface area contributed by atoms with E-state index < -0.39 is 12.0 Å². The number of aliphatic imine (C=N–C) groups is 1. The maximum Gasteiger partial charge on any atom is 0.338 e. The zero-order chi connectivity index (χ0) is 25.8. The second kappa shape index (κ2) is 11.0. The van der Waals surface area contributed by atoms with E-state index in [0.717, 1.165) is 28.0 Å². The third-order valence-corrected chi connectivity index (χ3v) is 6.92. The van der Waals surface area contributed by atoms with Crippen molar-refractivity contribution >= 4 is 28.8 Å². The summed E-state index contributed by atoms with van der Waals surface area (Å²) in [4.78, 5) is 32.7. The SMILES string of the molecule is C=CCOC(=O)C1=C(C)N=C2SC=C(CC(=O)NCc3ccc(F)cc3)N2[C@@H]1c1cc(C)ccc1C. The first-order valence-corrected chi connectivity index (χ1v) is 12.5. The number of allylic oxidation sites excluding steroid dienone is 1. The molecule has 2 heterocycles. The molecule has 0 aliphatic carbocycles. The van der Waals surface area contributed by atoms with Crippen LogP contribution in [0.3, 0.4) is 0 Å². The molecule has 1 atom stereocenters. The number of amides is 1. The van der Waals surface area contributed by atoms with Crippen LogP contribution in [0.5, 0.6) is 0 Å². The lowest BCUT2D eigenvalue weighted by molar-refractivity contribution is -0.138. The van der Waals surface area contributed by atoms with Crippen LogP contribution in [0.4, 0.5) is 4.39 Å². The Labute approximate surface area is 214 Å². The van der Waals surface area contributed by atoms with Crippen LogP contribution in [-0.4, -0.2) is 28.6 Å². The second-order valence-electron chi connectivity index (χ2n) is 8.72. The third kappa shape index (κ3) is 5.44. The van der Waals surface area contributed by atoms with Crippen LogP contribution in [0.2, 0.25) is 0 Å². The molecule has 2 aliphatic heterocycles. The molecule has 2 aromatic rings. The number of carbonyl (C=O) groups excluding carboxylic acids is 2. The van der Waals surface area contributed by atoms with Crippen LogP contribution >= 0.6 is 11.8 Å². The number of fused-ring (bicyclic) bond motifs is 1. The normalized spacial score (nSPS) is 16.8. The molecule has 0 saturated carbocycles. The Bertz CT molecular complexity index is 1300. The number of benzene rings is 2. The minimum absolute atomic E-state index is 0.0922. The van der Waals surface area contributed by atoms with Gasteiger partial charge in [0.05, 0.1) is 23.7 Å². The molecule has 0 saturated heterocycles. The molecule has 2 aromatic carbocycles. The lowest BCUT2D eigenvalue weighted by atomic mass is 9.90. The number of amidine groups is 1. The topological polar surface area (TPSA) is 71.0 Å². The number of hydrogen-bond acceptors (Lipinski definition) is 6. The van der Waals surface area contributed by atoms with Crippen molar-refractivity contribution in [1.29, 1.82) is 0 Å². The molecule has 0 bridgehead atoms. The van der Waals surface area contributed by atoms with Gasteiger partial charge in [-0.25, -0.2) is 14.2 Å². The van der Waals surface area contributed by atoms with Crippen LogP contribution in [0.25, 0.3) is 0 Å². The fourth-order valence-corrected chi connectivity index (χ4v) is 5.19. The standard InChI is InChI=1S/C28H28FN3O3S/c1-5-12-35-27(34)25-19(4)31-28-32(26(25)23-13-17(2)6-7-18(23)3)22(16-36-28)14-24(33)30-15-20-8-10-21(29)11-9-20/h5-11,13,16,26H,1,12,14-15H2,2-4H3,(H,30,33)/t26-/m1/s1. The average molecular weight is 506 g/mol. The zero-order valence-electron chi connectivity index (χ0n) is 20.5. The highest BCUT2D eigenvalue weighted by molar-refractivity contribution is 8.16. The quantitative estimate of drug-likeness (QED) is 0.381. The van der Waals surface area contributed by atoms with Crippen LogP contribution in [0, 0.1) is 19.7 Å². The van der Waals surface area contributed by atoms with Gasteiger partial charge in [-0.1, -0.05) is 60.3 Å². The summed E-state index contributed by atoms with van der Waals surface area (Å²) < 4.78 is 18.6. The van der Waals surface area contributed by atoms with Gasteiger partial charge in [-0.3, -0.25) is 4.79 Å². The average Bonchev–Trinajstić information content (AvgIpc) is 3.24. The summed E-state index contributed by atoms with van der Waals surface area (Å²) in [5, 5.41) is 5.50. The number of rotatable bonds is 8. The lowest BCUT2D eigenvalue weighted by Crippen LogP contribution is -2.38. The van der Waals surface area contributed by atoms with Gasteiger partial charge in [-0.15, -0.1) is 0 Å². The molecule has 0 aromatic heterocycles. The van der Waals surface area contributed by atoms with E-state index in [2.05, 4.69) is 23.0 Å². The van der Waals surface area contributed by atoms with Gasteiger partial charge in [0.2, 0.25) is 5.91 Å². The highest BCUT2D eigenvalue weighted by Crippen LogP contribution is 2.45. The van der Waals surface area contributed by atoms with E-state index in [9.17, 15) is 14.0 Å². The maximum absolute atomic E-state index is 13.2. The largest absolute Gasteiger partial charge is 0.458 e. The number of nitrogens with one attached hydrogen (secondary N) is 1. The van der Waals surface area contributed by atoms with E-state index in [-0.39, 0.29) is 24.8 Å². The number of esters is 1. The molecule has 2 aliphatic rings. The number of hydrogen-bond donors (Lipinski definition) is 1. The molecule has 0 fully saturated rings. The second-order valence-corrected chi connectivity index (χ2v) is 9.56. The van der Waals surface area contributed by atoms with Gasteiger partial charge in [0, 0.05) is 12.2 Å². The van der Waals surface area contributed by atoms with Crippen molar-refractivity contribution in [3.63, 3.8) is 0 Å². The molecule has 0 radical (unpaired) electrons. The Morgan fingerprint density at radius 3 is 2.67 bits per heavy atom. The Balaban J connectivity index is 1.63. The van der Waals surface area contributed by atoms with Crippen molar-refractivity contribution in [1.82, 2.24) is 10.2 Å². The highest BCUT2D eigenvalue weighted by atomic mass is 32.2. The summed E-state index contributed by atoms with van der Waals surface area (Å²) in [6, 6.07) is 11.6. The Morgan fingerprint density at radius 1 is 1.19 bits per heavy atom. The van der Waals surface area contributed by atoms with Crippen molar-refractivity contribution in [3.05, 3.63) is 106 Å². The summed E-state index contributed by atoms with van der Waals surface area (Å²) in [7, 11) is 0. The predicted molar refractivity (Wildman–Crippen MR) is 140 cm³/mol. The van der Waals surface area contributed by atoms with Gasteiger partial charge in [0.15, 0.2) is 5.17 Å². The Morgan fingerprint density at radius 2 is 1.94 bits per heavy atom. The molecule has 1 N–H and O–H groups in total. The monoisotopic (exact) mass is 505 g/mol. The first kappa shape index (κ1) is 25.4. The first-order chi connectivity index (χ1) is 17.3. The minimum Gasteiger partial charge on any atom is -0.458 e. The third-order valence-electron chi connectivity index (χ3n) is 6.03. The number of nitrogens with zero attached hydrogens (tertiary/aromatic N) is 2. The lowest BCUT2D eigenvalue weighted by Gasteiger charge is -2.37. The molecular formula is C28H28FN3O3S. The minimum atomic E-state index is -0.485. The zero-order valence-corrected chi connectivity index (χ0v) is 21.3.